The van der Waals surface area contributed by atoms with Gasteiger partial charge in [0.2, 0.25) is 12.3 Å². The Labute approximate surface area is 137 Å². The largest absolute Gasteiger partial charge is 0.287 e. The predicted molar refractivity (Wildman–Crippen MR) is 88.3 cm³/mol. The number of halogens is 1. The van der Waals surface area contributed by atoms with Crippen molar-refractivity contribution in [2.45, 2.75) is 6.54 Å². The first kappa shape index (κ1) is 14.6. The molecule has 4 heteroatoms. The van der Waals surface area contributed by atoms with Crippen molar-refractivity contribution in [3.8, 4) is 11.3 Å². The number of nitrogens with zero attached hydrogens (tertiary/aromatic N) is 2. The fraction of sp³-hybridized carbons (Fsp3) is 0.0556. The maximum absolute atomic E-state index is 12.3. The quantitative estimate of drug-likeness (QED) is 0.529. The first-order valence-corrected chi connectivity index (χ1v) is 7.71. The predicted octanol–water partition coefficient (Wildman–Crippen LogP) is 3.68. The van der Waals surface area contributed by atoms with E-state index in [1.807, 2.05) is 71.6 Å². The minimum atomic E-state index is 0.0820. The Kier molecular flexibility index (Phi) is 4.39. The number of carbonyl (C=O) groups is 1. The van der Waals surface area contributed by atoms with Crippen LogP contribution in [0.5, 0.6) is 0 Å². The van der Waals surface area contributed by atoms with Gasteiger partial charge in [-0.25, -0.2) is 4.98 Å². The minimum absolute atomic E-state index is 0.0820. The zero-order chi connectivity index (χ0) is 15.4. The van der Waals surface area contributed by atoms with Gasteiger partial charge in [-0.05, 0) is 12.1 Å². The number of carbonyl (C=O) groups excluding carboxylic acids is 1. The first-order chi connectivity index (χ1) is 10.7. The summed E-state index contributed by atoms with van der Waals surface area (Å²) < 4.78 is 2.89. The molecule has 22 heavy (non-hydrogen) atoms. The molecule has 108 valence electrons. The van der Waals surface area contributed by atoms with E-state index < -0.39 is 0 Å². The van der Waals surface area contributed by atoms with E-state index in [0.29, 0.717) is 6.54 Å². The summed E-state index contributed by atoms with van der Waals surface area (Å²) in [5.41, 5.74) is 2.58. The Bertz CT molecular complexity index is 786. The Hall–Kier alpha value is -2.33. The van der Waals surface area contributed by atoms with Gasteiger partial charge in [-0.1, -0.05) is 58.4 Å². The molecule has 0 saturated heterocycles. The monoisotopic (exact) mass is 353 g/mol. The molecule has 0 saturated carbocycles. The molecule has 0 aliphatic rings. The van der Waals surface area contributed by atoms with Gasteiger partial charge < -0.3 is 0 Å². The Morgan fingerprint density at radius 3 is 2.50 bits per heavy atom. The highest BCUT2D eigenvalue weighted by molar-refractivity contribution is 9.10. The maximum atomic E-state index is 12.3. The zero-order valence-electron chi connectivity index (χ0n) is 11.8. The lowest BCUT2D eigenvalue weighted by molar-refractivity contribution is -0.683. The van der Waals surface area contributed by atoms with E-state index in [2.05, 4.69) is 20.9 Å². The minimum Gasteiger partial charge on any atom is -0.287 e. The van der Waals surface area contributed by atoms with Gasteiger partial charge in [0.05, 0.1) is 6.20 Å². The maximum Gasteiger partial charge on any atom is 0.227 e. The van der Waals surface area contributed by atoms with Crippen molar-refractivity contribution < 1.29 is 9.36 Å². The fourth-order valence-corrected chi connectivity index (χ4v) is 2.45. The van der Waals surface area contributed by atoms with Crippen LogP contribution in [0.4, 0.5) is 0 Å². The van der Waals surface area contributed by atoms with Gasteiger partial charge in [0.1, 0.15) is 5.69 Å². The normalized spacial score (nSPS) is 10.4. The van der Waals surface area contributed by atoms with Crippen LogP contribution in [0.3, 0.4) is 0 Å². The summed E-state index contributed by atoms with van der Waals surface area (Å²) in [7, 11) is 0. The molecule has 0 radical (unpaired) electrons. The van der Waals surface area contributed by atoms with Crippen molar-refractivity contribution in [1.29, 1.82) is 0 Å². The van der Waals surface area contributed by atoms with Crippen LogP contribution in [0.1, 0.15) is 10.4 Å². The molecule has 0 N–H and O–H groups in total. The average molecular weight is 354 g/mol. The fourth-order valence-electron chi connectivity index (χ4n) is 2.18. The van der Waals surface area contributed by atoms with Gasteiger partial charge in [-0.3, -0.25) is 4.79 Å². The lowest BCUT2D eigenvalue weighted by atomic mass is 10.1. The van der Waals surface area contributed by atoms with Gasteiger partial charge in [-0.2, -0.15) is 4.57 Å². The van der Waals surface area contributed by atoms with Crippen molar-refractivity contribution in [2.75, 3.05) is 0 Å². The number of hydrogen-bond acceptors (Lipinski definition) is 2. The Morgan fingerprint density at radius 2 is 1.77 bits per heavy atom. The molecule has 1 aromatic heterocycles. The summed E-state index contributed by atoms with van der Waals surface area (Å²) in [5, 5.41) is 0. The van der Waals surface area contributed by atoms with Crippen LogP contribution < -0.4 is 4.57 Å². The molecule has 0 unspecified atom stereocenters. The van der Waals surface area contributed by atoms with Crippen molar-refractivity contribution in [1.82, 2.24) is 4.98 Å². The summed E-state index contributed by atoms with van der Waals surface area (Å²) in [6.45, 7) is 0.302. The van der Waals surface area contributed by atoms with E-state index in [-0.39, 0.29) is 5.78 Å². The Morgan fingerprint density at radius 1 is 1.05 bits per heavy atom. The second-order valence-corrected chi connectivity index (χ2v) is 5.83. The molecule has 0 aliphatic carbocycles. The van der Waals surface area contributed by atoms with Crippen LogP contribution in [0.15, 0.2) is 77.7 Å². The highest BCUT2D eigenvalue weighted by atomic mass is 79.9. The van der Waals surface area contributed by atoms with Crippen LogP contribution in [0, 0.1) is 0 Å². The molecule has 0 atom stereocenters. The van der Waals surface area contributed by atoms with Crippen LogP contribution in [0.2, 0.25) is 0 Å². The molecular weight excluding hydrogens is 340 g/mol. The van der Waals surface area contributed by atoms with Crippen molar-refractivity contribution in [2.24, 2.45) is 0 Å². The zero-order valence-corrected chi connectivity index (χ0v) is 13.4. The van der Waals surface area contributed by atoms with E-state index in [1.165, 1.54) is 0 Å². The van der Waals surface area contributed by atoms with Crippen LogP contribution >= 0.6 is 15.9 Å². The van der Waals surface area contributed by atoms with E-state index in [4.69, 9.17) is 0 Å². The number of aromatic nitrogens is 2. The third kappa shape index (κ3) is 3.46. The highest BCUT2D eigenvalue weighted by Crippen LogP contribution is 2.18. The molecule has 3 aromatic rings. The van der Waals surface area contributed by atoms with Gasteiger partial charge in [0.15, 0.2) is 12.4 Å². The average Bonchev–Trinajstić information content (AvgIpc) is 2.56. The van der Waals surface area contributed by atoms with Crippen LogP contribution in [-0.2, 0) is 6.54 Å². The molecule has 3 nitrogen and oxygen atoms in total. The molecule has 0 amide bonds. The number of hydrogen-bond donors (Lipinski definition) is 0. The lowest BCUT2D eigenvalue weighted by Crippen LogP contribution is -2.37. The third-order valence-electron chi connectivity index (χ3n) is 3.32. The molecule has 0 spiro atoms. The first-order valence-electron chi connectivity index (χ1n) is 6.92. The van der Waals surface area contributed by atoms with Crippen molar-refractivity contribution in [3.63, 3.8) is 0 Å². The van der Waals surface area contributed by atoms with E-state index in [9.17, 15) is 4.79 Å². The number of rotatable bonds is 4. The summed E-state index contributed by atoms with van der Waals surface area (Å²) in [6.07, 6.45) is 5.42. The van der Waals surface area contributed by atoms with Gasteiger partial charge >= 0.3 is 0 Å². The van der Waals surface area contributed by atoms with E-state index in [0.717, 1.165) is 21.3 Å². The summed E-state index contributed by atoms with van der Waals surface area (Å²) >= 11 is 3.42. The molecule has 0 fully saturated rings. The molecule has 3 rings (SSSR count). The number of benzene rings is 2. The van der Waals surface area contributed by atoms with Gasteiger partial charge in [0.25, 0.3) is 0 Å². The van der Waals surface area contributed by atoms with Gasteiger partial charge in [-0.15, -0.1) is 0 Å². The number of Topliss-reactive ketones (excluding diaryl/α,β-unsaturated/α-hetero) is 1. The summed E-state index contributed by atoms with van der Waals surface area (Å²) in [6, 6.07) is 17.3. The smallest absolute Gasteiger partial charge is 0.227 e. The van der Waals surface area contributed by atoms with Gasteiger partial charge in [0, 0.05) is 15.6 Å². The molecule has 2 aromatic carbocycles. The second kappa shape index (κ2) is 6.62. The third-order valence-corrected chi connectivity index (χ3v) is 3.85. The molecule has 0 bridgehead atoms. The summed E-state index contributed by atoms with van der Waals surface area (Å²) in [4.78, 5) is 16.6. The number of ketones is 1. The van der Waals surface area contributed by atoms with E-state index in [1.54, 1.807) is 6.20 Å². The summed E-state index contributed by atoms with van der Waals surface area (Å²) in [5.74, 6) is 0.0820. The molecule has 0 aliphatic heterocycles. The van der Waals surface area contributed by atoms with Crippen LogP contribution in [0.25, 0.3) is 11.3 Å². The SMILES string of the molecule is O=C(C[n+]1ccnc(-c2ccc(Br)cc2)c1)c1ccccc1. The Balaban J connectivity index is 1.82. The van der Waals surface area contributed by atoms with Crippen molar-refractivity contribution >= 4 is 21.7 Å². The second-order valence-electron chi connectivity index (χ2n) is 4.91. The lowest BCUT2D eigenvalue weighted by Gasteiger charge is -2.01. The molecule has 1 heterocycles. The molecular formula is C18H14BrN2O+. The van der Waals surface area contributed by atoms with E-state index >= 15 is 0 Å². The van der Waals surface area contributed by atoms with Crippen molar-refractivity contribution in [3.05, 3.63) is 83.2 Å². The highest BCUT2D eigenvalue weighted by Gasteiger charge is 2.13. The van der Waals surface area contributed by atoms with Crippen LogP contribution in [-0.4, -0.2) is 10.8 Å². The topological polar surface area (TPSA) is 33.8 Å². The standard InChI is InChI=1S/C18H14BrN2O/c19-16-8-6-14(7-9-16)17-12-21(11-10-20-17)13-18(22)15-4-2-1-3-5-15/h1-12H,13H2/q+1.